The highest BCUT2D eigenvalue weighted by Crippen LogP contribution is 2.21. The van der Waals surface area contributed by atoms with Crippen LogP contribution < -0.4 is 11.1 Å². The van der Waals surface area contributed by atoms with Gasteiger partial charge in [0.25, 0.3) is 0 Å². The van der Waals surface area contributed by atoms with Gasteiger partial charge in [-0.2, -0.15) is 0 Å². The van der Waals surface area contributed by atoms with Gasteiger partial charge < -0.3 is 11.1 Å². The van der Waals surface area contributed by atoms with Crippen LogP contribution in [0, 0.1) is 5.41 Å². The first kappa shape index (κ1) is 11.9. The Hall–Kier alpha value is -1.17. The van der Waals surface area contributed by atoms with Crippen LogP contribution in [0.15, 0.2) is 0 Å². The minimum Gasteiger partial charge on any atom is -0.393 e. The number of nitrogens with two attached hydrogens (primary N) is 1. The Kier molecular flexibility index (Phi) is 3.28. The molecule has 5 nitrogen and oxygen atoms in total. The van der Waals surface area contributed by atoms with E-state index in [9.17, 15) is 9.59 Å². The number of urea groups is 1. The van der Waals surface area contributed by atoms with E-state index in [1.165, 1.54) is 4.90 Å². The van der Waals surface area contributed by atoms with Crippen molar-refractivity contribution < 1.29 is 9.59 Å². The van der Waals surface area contributed by atoms with E-state index < -0.39 is 0 Å². The summed E-state index contributed by atoms with van der Waals surface area (Å²) in [6.07, 6.45) is 0.585. The summed E-state index contributed by atoms with van der Waals surface area (Å²) in [7, 11) is 0. The van der Waals surface area contributed by atoms with Gasteiger partial charge in [0, 0.05) is 12.0 Å². The van der Waals surface area contributed by atoms with E-state index in [1.54, 1.807) is 0 Å². The van der Waals surface area contributed by atoms with Gasteiger partial charge in [-0.15, -0.1) is 0 Å². The van der Waals surface area contributed by atoms with Crippen LogP contribution in [0.2, 0.25) is 0 Å². The first-order chi connectivity index (χ1) is 6.84. The lowest BCUT2D eigenvalue weighted by Gasteiger charge is -2.24. The number of amides is 3. The predicted molar refractivity (Wildman–Crippen MR) is 60.3 cm³/mol. The molecular weight excluding hydrogens is 214 g/mol. The Balaban J connectivity index is 2.53. The largest absolute Gasteiger partial charge is 0.393 e. The highest BCUT2D eigenvalue weighted by Gasteiger charge is 2.31. The van der Waals surface area contributed by atoms with E-state index in [0.29, 0.717) is 18.0 Å². The second-order valence-corrected chi connectivity index (χ2v) is 4.64. The maximum Gasteiger partial charge on any atom is 0.324 e. The van der Waals surface area contributed by atoms with Crippen molar-refractivity contribution in [1.29, 1.82) is 0 Å². The van der Waals surface area contributed by atoms with Crippen molar-refractivity contribution in [1.82, 2.24) is 10.2 Å². The van der Waals surface area contributed by atoms with E-state index in [2.05, 4.69) is 5.32 Å². The molecule has 1 fully saturated rings. The highest BCUT2D eigenvalue weighted by atomic mass is 32.1. The molecule has 0 aromatic heterocycles. The monoisotopic (exact) mass is 229 g/mol. The zero-order valence-corrected chi connectivity index (χ0v) is 9.69. The molecule has 1 aliphatic heterocycles. The summed E-state index contributed by atoms with van der Waals surface area (Å²) in [5.74, 6) is -0.196. The number of nitrogens with one attached hydrogen (secondary N) is 1. The maximum atomic E-state index is 11.2. The molecule has 6 heteroatoms. The number of hydrogen-bond acceptors (Lipinski definition) is 3. The molecule has 0 aromatic rings. The second-order valence-electron chi connectivity index (χ2n) is 4.20. The molecule has 1 heterocycles. The number of carbonyl (C=O) groups is 2. The number of nitrogens with zero attached hydrogens (tertiary/aromatic N) is 1. The van der Waals surface area contributed by atoms with E-state index in [1.807, 2.05) is 13.8 Å². The Morgan fingerprint density at radius 1 is 1.60 bits per heavy atom. The lowest BCUT2D eigenvalue weighted by atomic mass is 9.89. The summed E-state index contributed by atoms with van der Waals surface area (Å²) in [6, 6.07) is -0.335. The van der Waals surface area contributed by atoms with E-state index in [0.717, 1.165) is 0 Å². The number of hydrogen-bond donors (Lipinski definition) is 2. The number of thiocarbonyl (C=S) groups is 1. The van der Waals surface area contributed by atoms with E-state index in [4.69, 9.17) is 18.0 Å². The molecule has 3 N–H and O–H groups in total. The summed E-state index contributed by atoms with van der Waals surface area (Å²) < 4.78 is 0. The quantitative estimate of drug-likeness (QED) is 0.535. The molecule has 1 aliphatic rings. The van der Waals surface area contributed by atoms with Crippen LogP contribution in [0.3, 0.4) is 0 Å². The minimum atomic E-state index is -0.335. The molecule has 0 spiro atoms. The summed E-state index contributed by atoms with van der Waals surface area (Å²) in [4.78, 5) is 24.0. The molecule has 0 atom stereocenters. The molecule has 0 aliphatic carbocycles. The first-order valence-electron chi connectivity index (χ1n) is 4.73. The van der Waals surface area contributed by atoms with Crippen LogP contribution >= 0.6 is 12.2 Å². The van der Waals surface area contributed by atoms with E-state index >= 15 is 0 Å². The average molecular weight is 229 g/mol. The van der Waals surface area contributed by atoms with Crippen LogP contribution in [0.1, 0.15) is 20.3 Å². The van der Waals surface area contributed by atoms with Crippen molar-refractivity contribution in [3.63, 3.8) is 0 Å². The van der Waals surface area contributed by atoms with Crippen molar-refractivity contribution in [2.75, 3.05) is 13.1 Å². The highest BCUT2D eigenvalue weighted by molar-refractivity contribution is 7.80. The Bertz CT molecular complexity index is 298. The molecule has 0 unspecified atom stereocenters. The van der Waals surface area contributed by atoms with Crippen molar-refractivity contribution >= 4 is 29.1 Å². The molecule has 1 rings (SSSR count). The van der Waals surface area contributed by atoms with Gasteiger partial charge in [0.1, 0.15) is 0 Å². The molecule has 15 heavy (non-hydrogen) atoms. The fraction of sp³-hybridized carbons (Fsp3) is 0.667. The zero-order chi connectivity index (χ0) is 11.6. The van der Waals surface area contributed by atoms with Gasteiger partial charge in [0.05, 0.1) is 11.5 Å². The molecule has 0 radical (unpaired) electrons. The number of carbonyl (C=O) groups excluding carboxylic acids is 2. The van der Waals surface area contributed by atoms with Gasteiger partial charge >= 0.3 is 6.03 Å². The average Bonchev–Trinajstić information content (AvgIpc) is 2.43. The van der Waals surface area contributed by atoms with Gasteiger partial charge in [-0.1, -0.05) is 26.1 Å². The lowest BCUT2D eigenvalue weighted by Crippen LogP contribution is -2.37. The summed E-state index contributed by atoms with van der Waals surface area (Å²) in [5, 5.41) is 2.46. The van der Waals surface area contributed by atoms with Crippen LogP contribution in [0.4, 0.5) is 4.79 Å². The van der Waals surface area contributed by atoms with Crippen molar-refractivity contribution in [2.45, 2.75) is 20.3 Å². The fourth-order valence-corrected chi connectivity index (χ4v) is 1.30. The van der Waals surface area contributed by atoms with E-state index in [-0.39, 0.29) is 23.9 Å². The summed E-state index contributed by atoms with van der Waals surface area (Å²) in [6.45, 7) is 4.24. The normalized spacial score (nSPS) is 16.8. The van der Waals surface area contributed by atoms with Crippen molar-refractivity contribution in [2.24, 2.45) is 11.1 Å². The molecule has 3 amide bonds. The van der Waals surface area contributed by atoms with Gasteiger partial charge in [0.2, 0.25) is 5.91 Å². The van der Waals surface area contributed by atoms with Gasteiger partial charge in [-0.25, -0.2) is 4.79 Å². The summed E-state index contributed by atoms with van der Waals surface area (Å²) >= 11 is 4.90. The first-order valence-corrected chi connectivity index (χ1v) is 5.13. The molecular formula is C9H15N3O2S. The van der Waals surface area contributed by atoms with Crippen molar-refractivity contribution in [3.05, 3.63) is 0 Å². The smallest absolute Gasteiger partial charge is 0.324 e. The van der Waals surface area contributed by atoms with Gasteiger partial charge in [-0.05, 0) is 6.42 Å². The molecule has 0 saturated carbocycles. The molecule has 84 valence electrons. The van der Waals surface area contributed by atoms with Crippen LogP contribution in [0.5, 0.6) is 0 Å². The third-order valence-electron chi connectivity index (χ3n) is 2.56. The van der Waals surface area contributed by atoms with Gasteiger partial charge in [0.15, 0.2) is 0 Å². The SMILES string of the molecule is CC(C)(CCN1C(=O)CNC1=O)C(N)=S. The number of imide groups is 1. The zero-order valence-electron chi connectivity index (χ0n) is 8.87. The lowest BCUT2D eigenvalue weighted by molar-refractivity contribution is -0.125. The molecule has 0 bridgehead atoms. The molecule has 1 saturated heterocycles. The van der Waals surface area contributed by atoms with Gasteiger partial charge in [-0.3, -0.25) is 9.69 Å². The van der Waals surface area contributed by atoms with Crippen LogP contribution in [0.25, 0.3) is 0 Å². The standard InChI is InChI=1S/C9H15N3O2S/c1-9(2,7(10)15)3-4-12-6(13)5-11-8(12)14/h3-5H2,1-2H3,(H2,10,15)(H,11,14). The van der Waals surface area contributed by atoms with Crippen LogP contribution in [-0.4, -0.2) is 34.9 Å². The topological polar surface area (TPSA) is 75.4 Å². The molecule has 0 aromatic carbocycles. The predicted octanol–water partition coefficient (Wildman–Crippen LogP) is 0.241. The maximum absolute atomic E-state index is 11.2. The Morgan fingerprint density at radius 3 is 2.60 bits per heavy atom. The van der Waals surface area contributed by atoms with Crippen molar-refractivity contribution in [3.8, 4) is 0 Å². The fourth-order valence-electron chi connectivity index (χ4n) is 1.20. The summed E-state index contributed by atoms with van der Waals surface area (Å²) in [5.41, 5.74) is 5.22. The number of rotatable bonds is 4. The third kappa shape index (κ3) is 2.65. The Labute approximate surface area is 94.0 Å². The second kappa shape index (κ2) is 4.14. The van der Waals surface area contributed by atoms with Crippen LogP contribution in [-0.2, 0) is 4.79 Å². The minimum absolute atomic E-state index is 0.0896. The third-order valence-corrected chi connectivity index (χ3v) is 3.12. The Morgan fingerprint density at radius 2 is 2.20 bits per heavy atom.